The number of hydrogen-bond acceptors (Lipinski definition) is 4. The first-order valence-corrected chi connectivity index (χ1v) is 9.24. The number of hydrogen-bond donors (Lipinski definition) is 2. The average Bonchev–Trinajstić information content (AvgIpc) is 3.28. The molecule has 1 fully saturated rings. The summed E-state index contributed by atoms with van der Waals surface area (Å²) >= 11 is 1.75. The molecule has 8 heteroatoms. The van der Waals surface area contributed by atoms with Crippen LogP contribution in [0, 0.1) is 5.92 Å². The van der Waals surface area contributed by atoms with E-state index in [-0.39, 0.29) is 42.5 Å². The Bertz CT molecular complexity index is 533. The minimum absolute atomic E-state index is 0. The van der Waals surface area contributed by atoms with Crippen LogP contribution in [0.15, 0.2) is 22.5 Å². The second-order valence-corrected chi connectivity index (χ2v) is 7.28. The number of carbonyl (C=O) groups excluding carboxylic acids is 1. The van der Waals surface area contributed by atoms with Gasteiger partial charge < -0.3 is 20.3 Å². The van der Waals surface area contributed by atoms with E-state index in [0.29, 0.717) is 18.5 Å². The predicted molar refractivity (Wildman–Crippen MR) is 114 cm³/mol. The molecule has 0 saturated heterocycles. The second kappa shape index (κ2) is 11.7. The Morgan fingerprint density at radius 3 is 2.80 bits per heavy atom. The summed E-state index contributed by atoms with van der Waals surface area (Å²) in [6.07, 6.45) is 3.39. The SMILES string of the molecule is COCC(NC(=NCC(=O)N(C)C)NCCc1cccs1)C1CC1.I. The van der Waals surface area contributed by atoms with Gasteiger partial charge in [-0.2, -0.15) is 0 Å². The van der Waals surface area contributed by atoms with Crippen LogP contribution in [0.2, 0.25) is 0 Å². The normalized spacial score (nSPS) is 15.2. The first kappa shape index (κ1) is 22.2. The summed E-state index contributed by atoms with van der Waals surface area (Å²) in [7, 11) is 5.20. The third-order valence-electron chi connectivity index (χ3n) is 3.97. The monoisotopic (exact) mass is 480 g/mol. The minimum atomic E-state index is -0.0101. The van der Waals surface area contributed by atoms with Crippen LogP contribution in [0.3, 0.4) is 0 Å². The maximum absolute atomic E-state index is 11.8. The van der Waals surface area contributed by atoms with Crippen LogP contribution in [0.5, 0.6) is 0 Å². The largest absolute Gasteiger partial charge is 0.383 e. The summed E-state index contributed by atoms with van der Waals surface area (Å²) in [5.74, 6) is 1.32. The van der Waals surface area contributed by atoms with Crippen molar-refractivity contribution in [2.45, 2.75) is 25.3 Å². The Balaban J connectivity index is 0.00000312. The Kier molecular flexibility index (Phi) is 10.4. The lowest BCUT2D eigenvalue weighted by Crippen LogP contribution is -2.47. The van der Waals surface area contributed by atoms with E-state index in [1.165, 1.54) is 17.7 Å². The molecule has 1 amide bonds. The second-order valence-electron chi connectivity index (χ2n) is 6.25. The van der Waals surface area contributed by atoms with E-state index < -0.39 is 0 Å². The standard InChI is InChI=1S/C17H28N4O2S.HI/c1-21(2)16(22)11-19-17(18-9-8-14-5-4-10-24-14)20-15(12-23-3)13-6-7-13;/h4-5,10,13,15H,6-9,11-12H2,1-3H3,(H2,18,19,20);1H. The molecule has 1 aliphatic rings. The average molecular weight is 480 g/mol. The van der Waals surface area contributed by atoms with Gasteiger partial charge in [-0.3, -0.25) is 4.79 Å². The van der Waals surface area contributed by atoms with E-state index in [4.69, 9.17) is 4.74 Å². The molecule has 1 aromatic heterocycles. The molecule has 0 aliphatic heterocycles. The van der Waals surface area contributed by atoms with Crippen LogP contribution in [-0.4, -0.2) is 63.7 Å². The van der Waals surface area contributed by atoms with Crippen LogP contribution >= 0.6 is 35.3 Å². The highest BCUT2D eigenvalue weighted by molar-refractivity contribution is 14.0. The number of guanidine groups is 1. The van der Waals surface area contributed by atoms with Crippen LogP contribution in [0.4, 0.5) is 0 Å². The Hall–Kier alpha value is -0.870. The van der Waals surface area contributed by atoms with Crippen LogP contribution in [0.1, 0.15) is 17.7 Å². The predicted octanol–water partition coefficient (Wildman–Crippen LogP) is 1.96. The molecule has 1 saturated carbocycles. The first-order chi connectivity index (χ1) is 11.6. The van der Waals surface area contributed by atoms with Crippen molar-refractivity contribution in [2.24, 2.45) is 10.9 Å². The van der Waals surface area contributed by atoms with Crippen LogP contribution in [0.25, 0.3) is 0 Å². The number of halogens is 1. The zero-order valence-corrected chi connectivity index (χ0v) is 18.3. The number of nitrogens with zero attached hydrogens (tertiary/aromatic N) is 2. The molecule has 1 unspecified atom stereocenters. The number of aliphatic imine (C=N–C) groups is 1. The Morgan fingerprint density at radius 2 is 2.24 bits per heavy atom. The number of rotatable bonds is 9. The molecule has 1 atom stereocenters. The zero-order valence-electron chi connectivity index (χ0n) is 15.2. The molecular weight excluding hydrogens is 451 g/mol. The van der Waals surface area contributed by atoms with Crippen LogP contribution in [-0.2, 0) is 16.0 Å². The van der Waals surface area contributed by atoms with Crippen molar-refractivity contribution >= 4 is 47.2 Å². The van der Waals surface area contributed by atoms with Gasteiger partial charge in [-0.15, -0.1) is 35.3 Å². The van der Waals surface area contributed by atoms with E-state index in [2.05, 4.69) is 33.1 Å². The van der Waals surface area contributed by atoms with E-state index in [1.807, 2.05) is 0 Å². The molecule has 6 nitrogen and oxygen atoms in total. The van der Waals surface area contributed by atoms with Gasteiger partial charge >= 0.3 is 0 Å². The summed E-state index contributed by atoms with van der Waals surface area (Å²) in [6, 6.07) is 4.44. The topological polar surface area (TPSA) is 66.0 Å². The highest BCUT2D eigenvalue weighted by Gasteiger charge is 2.31. The van der Waals surface area contributed by atoms with Crippen LogP contribution < -0.4 is 10.6 Å². The molecule has 2 rings (SSSR count). The Morgan fingerprint density at radius 1 is 1.48 bits per heavy atom. The number of amides is 1. The molecule has 0 spiro atoms. The summed E-state index contributed by atoms with van der Waals surface area (Å²) in [5.41, 5.74) is 0. The molecule has 1 aromatic rings. The molecule has 0 aromatic carbocycles. The molecule has 2 N–H and O–H groups in total. The molecule has 0 bridgehead atoms. The lowest BCUT2D eigenvalue weighted by Gasteiger charge is -2.21. The van der Waals surface area contributed by atoms with Gasteiger partial charge in [0, 0.05) is 32.6 Å². The molecular formula is C17H29IN4O2S. The van der Waals surface area contributed by atoms with Crippen molar-refractivity contribution in [3.8, 4) is 0 Å². The number of nitrogens with one attached hydrogen (secondary N) is 2. The van der Waals surface area contributed by atoms with E-state index in [1.54, 1.807) is 37.4 Å². The summed E-state index contributed by atoms with van der Waals surface area (Å²) in [5, 5.41) is 8.86. The van der Waals surface area contributed by atoms with Crippen molar-refractivity contribution in [3.63, 3.8) is 0 Å². The maximum atomic E-state index is 11.8. The summed E-state index contributed by atoms with van der Waals surface area (Å²) < 4.78 is 5.31. The maximum Gasteiger partial charge on any atom is 0.243 e. The lowest BCUT2D eigenvalue weighted by atomic mass is 10.2. The summed E-state index contributed by atoms with van der Waals surface area (Å²) in [6.45, 7) is 1.58. The van der Waals surface area contributed by atoms with Gasteiger partial charge in [0.2, 0.25) is 5.91 Å². The molecule has 142 valence electrons. The smallest absolute Gasteiger partial charge is 0.243 e. The van der Waals surface area contributed by atoms with Gasteiger partial charge in [0.25, 0.3) is 0 Å². The third kappa shape index (κ3) is 8.37. The van der Waals surface area contributed by atoms with Crippen molar-refractivity contribution < 1.29 is 9.53 Å². The van der Waals surface area contributed by atoms with Crippen molar-refractivity contribution in [3.05, 3.63) is 22.4 Å². The van der Waals surface area contributed by atoms with E-state index in [0.717, 1.165) is 13.0 Å². The van der Waals surface area contributed by atoms with E-state index >= 15 is 0 Å². The summed E-state index contributed by atoms with van der Waals surface area (Å²) in [4.78, 5) is 19.1. The fraction of sp³-hybridized carbons (Fsp3) is 0.647. The van der Waals surface area contributed by atoms with Gasteiger partial charge in [-0.05, 0) is 36.6 Å². The lowest BCUT2D eigenvalue weighted by molar-refractivity contribution is -0.127. The Labute approximate surface area is 171 Å². The molecule has 0 radical (unpaired) electrons. The van der Waals surface area contributed by atoms with Crippen molar-refractivity contribution in [1.82, 2.24) is 15.5 Å². The zero-order chi connectivity index (χ0) is 17.4. The fourth-order valence-corrected chi connectivity index (χ4v) is 3.06. The number of carbonyl (C=O) groups is 1. The fourth-order valence-electron chi connectivity index (χ4n) is 2.35. The van der Waals surface area contributed by atoms with Gasteiger partial charge in [-0.25, -0.2) is 4.99 Å². The molecule has 1 heterocycles. The van der Waals surface area contributed by atoms with Crippen molar-refractivity contribution in [1.29, 1.82) is 0 Å². The number of methoxy groups -OCH3 is 1. The van der Waals surface area contributed by atoms with E-state index in [9.17, 15) is 4.79 Å². The third-order valence-corrected chi connectivity index (χ3v) is 4.91. The molecule has 1 aliphatic carbocycles. The molecule has 25 heavy (non-hydrogen) atoms. The highest BCUT2D eigenvalue weighted by Crippen LogP contribution is 2.32. The minimum Gasteiger partial charge on any atom is -0.383 e. The van der Waals surface area contributed by atoms with Gasteiger partial charge in [-0.1, -0.05) is 6.07 Å². The van der Waals surface area contributed by atoms with Gasteiger partial charge in [0.1, 0.15) is 6.54 Å². The number of ether oxygens (including phenoxy) is 1. The number of likely N-dealkylation sites (N-methyl/N-ethyl adjacent to an activating group) is 1. The number of thiophene rings is 1. The highest BCUT2D eigenvalue weighted by atomic mass is 127. The quantitative estimate of drug-likeness (QED) is 0.322. The first-order valence-electron chi connectivity index (χ1n) is 8.36. The van der Waals surface area contributed by atoms with Gasteiger partial charge in [0.15, 0.2) is 5.96 Å². The van der Waals surface area contributed by atoms with Gasteiger partial charge in [0.05, 0.1) is 12.6 Å². The van der Waals surface area contributed by atoms with Crippen molar-refractivity contribution in [2.75, 3.05) is 40.9 Å².